The lowest BCUT2D eigenvalue weighted by Crippen LogP contribution is -2.52. The van der Waals surface area contributed by atoms with Crippen LogP contribution in [-0.4, -0.2) is 69.9 Å². The van der Waals surface area contributed by atoms with E-state index < -0.39 is 0 Å². The van der Waals surface area contributed by atoms with Crippen LogP contribution < -0.4 is 11.0 Å². The van der Waals surface area contributed by atoms with E-state index >= 15 is 0 Å². The SMILES string of the molecule is CN=C(NCCCn1nc2n(c1=O)CCCC2)N1CCN(Cc2ccccc2)CC1.I. The molecule has 0 unspecified atom stereocenters. The lowest BCUT2D eigenvalue weighted by atomic mass is 10.2. The number of hydrogen-bond acceptors (Lipinski definition) is 4. The Morgan fingerprint density at radius 1 is 1.10 bits per heavy atom. The van der Waals surface area contributed by atoms with E-state index in [0.717, 1.165) is 83.3 Å². The maximum atomic E-state index is 12.4. The van der Waals surface area contributed by atoms with Crippen LogP contribution in [0.5, 0.6) is 0 Å². The van der Waals surface area contributed by atoms with Gasteiger partial charge in [0, 0.05) is 65.8 Å². The molecule has 1 fully saturated rings. The van der Waals surface area contributed by atoms with Gasteiger partial charge in [0.1, 0.15) is 5.82 Å². The number of piperazine rings is 1. The van der Waals surface area contributed by atoms with Crippen molar-refractivity contribution in [3.63, 3.8) is 0 Å². The smallest absolute Gasteiger partial charge is 0.345 e. The van der Waals surface area contributed by atoms with Crippen LogP contribution in [0.15, 0.2) is 40.1 Å². The molecule has 0 bridgehead atoms. The van der Waals surface area contributed by atoms with Crippen molar-refractivity contribution in [2.45, 2.75) is 45.3 Å². The molecule has 2 aliphatic heterocycles. The second-order valence-electron chi connectivity index (χ2n) is 8.11. The van der Waals surface area contributed by atoms with E-state index in [1.165, 1.54) is 5.56 Å². The molecule has 0 spiro atoms. The highest BCUT2D eigenvalue weighted by Crippen LogP contribution is 2.10. The molecule has 8 nitrogen and oxygen atoms in total. The molecule has 2 aliphatic rings. The monoisotopic (exact) mass is 539 g/mol. The molecule has 1 N–H and O–H groups in total. The molecular formula is C22H34IN7O. The van der Waals surface area contributed by atoms with E-state index in [-0.39, 0.29) is 29.7 Å². The van der Waals surface area contributed by atoms with Crippen LogP contribution in [0.25, 0.3) is 0 Å². The van der Waals surface area contributed by atoms with Gasteiger partial charge in [-0.3, -0.25) is 14.5 Å². The van der Waals surface area contributed by atoms with Gasteiger partial charge < -0.3 is 10.2 Å². The molecule has 1 aromatic heterocycles. The third-order valence-electron chi connectivity index (χ3n) is 5.99. The van der Waals surface area contributed by atoms with Crippen LogP contribution >= 0.6 is 24.0 Å². The molecule has 1 saturated heterocycles. The van der Waals surface area contributed by atoms with E-state index in [1.54, 1.807) is 4.68 Å². The summed E-state index contributed by atoms with van der Waals surface area (Å²) in [5.74, 6) is 1.90. The van der Waals surface area contributed by atoms with E-state index in [1.807, 2.05) is 11.6 Å². The molecule has 31 heavy (non-hydrogen) atoms. The summed E-state index contributed by atoms with van der Waals surface area (Å²) in [5.41, 5.74) is 1.41. The Morgan fingerprint density at radius 3 is 2.58 bits per heavy atom. The standard InChI is InChI=1S/C22H33N7O.HI/c1-23-21(27-16-14-26(15-17-27)18-19-8-3-2-4-9-19)24-11-7-13-29-22(30)28-12-6-5-10-20(28)25-29;/h2-4,8-9H,5-7,10-18H2,1H3,(H,23,24);1H. The molecule has 0 aliphatic carbocycles. The summed E-state index contributed by atoms with van der Waals surface area (Å²) in [4.78, 5) is 21.7. The van der Waals surface area contributed by atoms with Gasteiger partial charge in [-0.1, -0.05) is 30.3 Å². The molecule has 3 heterocycles. The molecule has 1 aromatic carbocycles. The Labute approximate surface area is 201 Å². The van der Waals surface area contributed by atoms with Gasteiger partial charge in [0.15, 0.2) is 5.96 Å². The maximum Gasteiger partial charge on any atom is 0.345 e. The maximum absolute atomic E-state index is 12.4. The number of nitrogens with zero attached hydrogens (tertiary/aromatic N) is 6. The highest BCUT2D eigenvalue weighted by atomic mass is 127. The summed E-state index contributed by atoms with van der Waals surface area (Å²) in [6, 6.07) is 10.6. The van der Waals surface area contributed by atoms with Crippen molar-refractivity contribution in [1.29, 1.82) is 0 Å². The van der Waals surface area contributed by atoms with E-state index in [9.17, 15) is 4.79 Å². The minimum absolute atomic E-state index is 0. The van der Waals surface area contributed by atoms with Gasteiger partial charge in [0.05, 0.1) is 0 Å². The van der Waals surface area contributed by atoms with E-state index in [0.29, 0.717) is 6.54 Å². The second-order valence-corrected chi connectivity index (χ2v) is 8.11. The first-order chi connectivity index (χ1) is 14.7. The van der Waals surface area contributed by atoms with E-state index in [4.69, 9.17) is 0 Å². The molecule has 0 saturated carbocycles. The first kappa shape index (κ1) is 23.8. The number of aromatic nitrogens is 3. The summed E-state index contributed by atoms with van der Waals surface area (Å²) < 4.78 is 3.47. The zero-order chi connectivity index (χ0) is 20.8. The van der Waals surface area contributed by atoms with Gasteiger partial charge in [-0.2, -0.15) is 5.10 Å². The van der Waals surface area contributed by atoms with Crippen LogP contribution in [-0.2, 0) is 26.1 Å². The summed E-state index contributed by atoms with van der Waals surface area (Å²) >= 11 is 0. The number of rotatable bonds is 6. The molecule has 170 valence electrons. The first-order valence-electron chi connectivity index (χ1n) is 11.1. The van der Waals surface area contributed by atoms with Crippen molar-refractivity contribution in [3.8, 4) is 0 Å². The molecule has 0 atom stereocenters. The fourth-order valence-electron chi connectivity index (χ4n) is 4.31. The molecule has 0 amide bonds. The number of aryl methyl sites for hydroxylation is 2. The number of guanidine groups is 1. The van der Waals surface area contributed by atoms with Gasteiger partial charge in [0.25, 0.3) is 0 Å². The van der Waals surface area contributed by atoms with Crippen molar-refractivity contribution < 1.29 is 0 Å². The predicted molar refractivity (Wildman–Crippen MR) is 134 cm³/mol. The van der Waals surface area contributed by atoms with Crippen molar-refractivity contribution in [2.75, 3.05) is 39.8 Å². The molecule has 0 radical (unpaired) electrons. The number of halogens is 1. The van der Waals surface area contributed by atoms with Gasteiger partial charge in [0.2, 0.25) is 0 Å². The Hall–Kier alpha value is -1.88. The number of hydrogen-bond donors (Lipinski definition) is 1. The minimum atomic E-state index is 0. The lowest BCUT2D eigenvalue weighted by molar-refractivity contribution is 0.172. The fourth-order valence-corrected chi connectivity index (χ4v) is 4.31. The highest BCUT2D eigenvalue weighted by molar-refractivity contribution is 14.0. The summed E-state index contributed by atoms with van der Waals surface area (Å²) in [6.45, 7) is 7.26. The Balaban J connectivity index is 0.00000272. The number of benzene rings is 1. The summed E-state index contributed by atoms with van der Waals surface area (Å²) in [6.07, 6.45) is 3.98. The van der Waals surface area contributed by atoms with Crippen LogP contribution in [0.2, 0.25) is 0 Å². The zero-order valence-corrected chi connectivity index (χ0v) is 20.7. The quantitative estimate of drug-likeness (QED) is 0.263. The lowest BCUT2D eigenvalue weighted by Gasteiger charge is -2.36. The van der Waals surface area contributed by atoms with Gasteiger partial charge in [-0.05, 0) is 24.8 Å². The Morgan fingerprint density at radius 2 is 1.87 bits per heavy atom. The fraction of sp³-hybridized carbons (Fsp3) is 0.591. The van der Waals surface area contributed by atoms with Gasteiger partial charge >= 0.3 is 5.69 Å². The van der Waals surface area contributed by atoms with Crippen LogP contribution in [0.4, 0.5) is 0 Å². The second kappa shape index (κ2) is 11.7. The Kier molecular flexibility index (Phi) is 8.94. The third-order valence-corrected chi connectivity index (χ3v) is 5.99. The molecule has 9 heteroatoms. The first-order valence-corrected chi connectivity index (χ1v) is 11.1. The molecule has 2 aromatic rings. The average Bonchev–Trinajstić information content (AvgIpc) is 3.11. The predicted octanol–water partition coefficient (Wildman–Crippen LogP) is 1.78. The zero-order valence-electron chi connectivity index (χ0n) is 18.4. The average molecular weight is 539 g/mol. The number of aliphatic imine (C=N–C) groups is 1. The molecular weight excluding hydrogens is 505 g/mol. The van der Waals surface area contributed by atoms with Crippen molar-refractivity contribution in [1.82, 2.24) is 29.5 Å². The largest absolute Gasteiger partial charge is 0.356 e. The normalized spacial score (nSPS) is 17.2. The minimum Gasteiger partial charge on any atom is -0.356 e. The molecule has 4 rings (SSSR count). The number of nitrogens with one attached hydrogen (secondary N) is 1. The topological polar surface area (TPSA) is 70.7 Å². The van der Waals surface area contributed by atoms with Crippen LogP contribution in [0.1, 0.15) is 30.7 Å². The highest BCUT2D eigenvalue weighted by Gasteiger charge is 2.20. The number of fused-ring (bicyclic) bond motifs is 1. The van der Waals surface area contributed by atoms with Crippen molar-refractivity contribution >= 4 is 29.9 Å². The van der Waals surface area contributed by atoms with E-state index in [2.05, 4.69) is 55.5 Å². The van der Waals surface area contributed by atoms with Crippen LogP contribution in [0, 0.1) is 0 Å². The third kappa shape index (κ3) is 6.09. The summed E-state index contributed by atoms with van der Waals surface area (Å²) in [5, 5.41) is 7.98. The van der Waals surface area contributed by atoms with Crippen molar-refractivity contribution in [3.05, 3.63) is 52.2 Å². The summed E-state index contributed by atoms with van der Waals surface area (Å²) in [7, 11) is 1.84. The Bertz CT molecular complexity index is 900. The van der Waals surface area contributed by atoms with Gasteiger partial charge in [-0.25, -0.2) is 9.48 Å². The van der Waals surface area contributed by atoms with Crippen LogP contribution in [0.3, 0.4) is 0 Å². The van der Waals surface area contributed by atoms with Crippen molar-refractivity contribution in [2.24, 2.45) is 4.99 Å². The van der Waals surface area contributed by atoms with Gasteiger partial charge in [-0.15, -0.1) is 24.0 Å².